The number of aromatic nitrogens is 2. The predicted octanol–water partition coefficient (Wildman–Crippen LogP) is 3.62. The molecule has 0 radical (unpaired) electrons. The second-order valence-corrected chi connectivity index (χ2v) is 6.13. The minimum Gasteiger partial charge on any atom is -0.310 e. The maximum atomic E-state index is 4.67. The van der Waals surface area contributed by atoms with E-state index >= 15 is 0 Å². The van der Waals surface area contributed by atoms with Crippen LogP contribution in [0.2, 0.25) is 0 Å². The molecule has 1 aliphatic rings. The van der Waals surface area contributed by atoms with Gasteiger partial charge >= 0.3 is 0 Å². The van der Waals surface area contributed by atoms with Gasteiger partial charge in [0, 0.05) is 23.8 Å². The second-order valence-electron chi connectivity index (χ2n) is 6.13. The Morgan fingerprint density at radius 1 is 1.28 bits per heavy atom. The minimum absolute atomic E-state index is 0.528. The highest BCUT2D eigenvalue weighted by atomic mass is 15.3. The van der Waals surface area contributed by atoms with Crippen molar-refractivity contribution in [3.63, 3.8) is 0 Å². The van der Waals surface area contributed by atoms with Gasteiger partial charge in [0.15, 0.2) is 0 Å². The Morgan fingerprint density at radius 3 is 2.50 bits per heavy atom. The molecule has 3 nitrogen and oxygen atoms in total. The van der Waals surface area contributed by atoms with Gasteiger partial charge in [-0.2, -0.15) is 5.10 Å². The molecule has 0 unspecified atom stereocenters. The first-order chi connectivity index (χ1) is 8.59. The molecule has 3 heteroatoms. The molecule has 1 N–H and O–H groups in total. The van der Waals surface area contributed by atoms with Crippen LogP contribution in [0.3, 0.4) is 0 Å². The summed E-state index contributed by atoms with van der Waals surface area (Å²) in [6, 6.07) is 1.18. The van der Waals surface area contributed by atoms with Crippen LogP contribution < -0.4 is 5.32 Å². The molecule has 2 rings (SSSR count). The van der Waals surface area contributed by atoms with Crippen molar-refractivity contribution in [2.75, 3.05) is 0 Å². The van der Waals surface area contributed by atoms with Crippen molar-refractivity contribution in [3.05, 3.63) is 17.5 Å². The fourth-order valence-corrected chi connectivity index (χ4v) is 2.93. The quantitative estimate of drug-likeness (QED) is 0.863. The topological polar surface area (TPSA) is 29.9 Å². The molecular formula is C15H27N3. The smallest absolute Gasteiger partial charge is 0.0537 e. The molecule has 1 aromatic rings. The highest BCUT2D eigenvalue weighted by molar-refractivity contribution is 5.22. The first kappa shape index (κ1) is 13.6. The molecule has 0 aromatic carbocycles. The third-order valence-corrected chi connectivity index (χ3v) is 3.83. The molecule has 0 amide bonds. The molecule has 1 aromatic heterocycles. The Hall–Kier alpha value is -0.830. The largest absolute Gasteiger partial charge is 0.310 e. The zero-order valence-corrected chi connectivity index (χ0v) is 12.2. The van der Waals surface area contributed by atoms with E-state index in [4.69, 9.17) is 0 Å². The molecule has 18 heavy (non-hydrogen) atoms. The number of hydrogen-bond donors (Lipinski definition) is 1. The van der Waals surface area contributed by atoms with Crippen molar-refractivity contribution in [2.24, 2.45) is 0 Å². The maximum absolute atomic E-state index is 4.67. The fraction of sp³-hybridized carbons (Fsp3) is 0.800. The van der Waals surface area contributed by atoms with E-state index in [2.05, 4.69) is 49.0 Å². The Bertz CT molecular complexity index is 373. The van der Waals surface area contributed by atoms with Crippen LogP contribution in [0, 0.1) is 0 Å². The zero-order chi connectivity index (χ0) is 13.1. The number of rotatable bonds is 5. The number of nitrogens with zero attached hydrogens (tertiary/aromatic N) is 2. The van der Waals surface area contributed by atoms with Crippen molar-refractivity contribution in [1.82, 2.24) is 15.1 Å². The van der Waals surface area contributed by atoms with E-state index in [1.165, 1.54) is 36.9 Å². The lowest BCUT2D eigenvalue weighted by Gasteiger charge is -2.18. The Balaban J connectivity index is 2.19. The normalized spacial score (nSPS) is 17.2. The summed E-state index contributed by atoms with van der Waals surface area (Å²) in [6.45, 7) is 9.88. The van der Waals surface area contributed by atoms with Crippen LogP contribution in [0.25, 0.3) is 0 Å². The van der Waals surface area contributed by atoms with Crippen LogP contribution in [-0.4, -0.2) is 15.8 Å². The summed E-state index contributed by atoms with van der Waals surface area (Å²) in [5.74, 6) is 0.553. The van der Waals surface area contributed by atoms with E-state index in [0.717, 1.165) is 6.54 Å². The van der Waals surface area contributed by atoms with Gasteiger partial charge in [-0.25, -0.2) is 0 Å². The van der Waals surface area contributed by atoms with Crippen LogP contribution >= 0.6 is 0 Å². The predicted molar refractivity (Wildman–Crippen MR) is 75.8 cm³/mol. The summed E-state index contributed by atoms with van der Waals surface area (Å²) in [5, 5.41) is 8.18. The van der Waals surface area contributed by atoms with Crippen molar-refractivity contribution in [2.45, 2.75) is 77.9 Å². The lowest BCUT2D eigenvalue weighted by Crippen LogP contribution is -2.23. The fourth-order valence-electron chi connectivity index (χ4n) is 2.93. The number of hydrogen-bond acceptors (Lipinski definition) is 2. The molecular weight excluding hydrogens is 222 g/mol. The van der Waals surface area contributed by atoms with Gasteiger partial charge in [-0.1, -0.05) is 40.5 Å². The van der Waals surface area contributed by atoms with E-state index in [1.54, 1.807) is 0 Å². The summed E-state index contributed by atoms with van der Waals surface area (Å²) in [6.07, 6.45) is 7.41. The minimum atomic E-state index is 0.528. The molecule has 102 valence electrons. The van der Waals surface area contributed by atoms with Crippen molar-refractivity contribution < 1.29 is 0 Å². The van der Waals surface area contributed by atoms with E-state index in [1.807, 2.05) is 0 Å². The molecule has 1 saturated carbocycles. The maximum Gasteiger partial charge on any atom is 0.0537 e. The van der Waals surface area contributed by atoms with E-state index in [0.29, 0.717) is 18.0 Å². The zero-order valence-electron chi connectivity index (χ0n) is 12.2. The summed E-state index contributed by atoms with van der Waals surface area (Å²) < 4.78 is 2.31. The van der Waals surface area contributed by atoms with E-state index in [9.17, 15) is 0 Å². The summed E-state index contributed by atoms with van der Waals surface area (Å²) in [5.41, 5.74) is 2.82. The van der Waals surface area contributed by atoms with Crippen molar-refractivity contribution in [1.29, 1.82) is 0 Å². The highest BCUT2D eigenvalue weighted by Gasteiger charge is 2.23. The molecule has 1 fully saturated rings. The Kier molecular flexibility index (Phi) is 4.44. The third-order valence-electron chi connectivity index (χ3n) is 3.83. The van der Waals surface area contributed by atoms with Gasteiger partial charge in [0.1, 0.15) is 0 Å². The van der Waals surface area contributed by atoms with E-state index in [-0.39, 0.29) is 0 Å². The molecule has 1 aliphatic carbocycles. The van der Waals surface area contributed by atoms with Gasteiger partial charge in [-0.05, 0) is 18.8 Å². The molecule has 0 aliphatic heterocycles. The van der Waals surface area contributed by atoms with Crippen LogP contribution in [-0.2, 0) is 6.54 Å². The molecule has 0 bridgehead atoms. The molecule has 1 heterocycles. The lowest BCUT2D eigenvalue weighted by atomic mass is 10.0. The SMILES string of the molecule is CC(C)NCc1cnn(C2CCCC2)c1C(C)C. The molecule has 0 saturated heterocycles. The molecule has 0 atom stereocenters. The number of nitrogens with one attached hydrogen (secondary N) is 1. The summed E-state index contributed by atoms with van der Waals surface area (Å²) >= 11 is 0. The van der Waals surface area contributed by atoms with E-state index < -0.39 is 0 Å². The average Bonchev–Trinajstić information content (AvgIpc) is 2.94. The van der Waals surface area contributed by atoms with Gasteiger partial charge in [0.05, 0.1) is 12.2 Å². The summed E-state index contributed by atoms with van der Waals surface area (Å²) in [4.78, 5) is 0. The average molecular weight is 249 g/mol. The summed E-state index contributed by atoms with van der Waals surface area (Å²) in [7, 11) is 0. The van der Waals surface area contributed by atoms with Gasteiger partial charge in [-0.15, -0.1) is 0 Å². The van der Waals surface area contributed by atoms with Gasteiger partial charge in [0.25, 0.3) is 0 Å². The van der Waals surface area contributed by atoms with Crippen molar-refractivity contribution in [3.8, 4) is 0 Å². The molecule has 0 spiro atoms. The highest BCUT2D eigenvalue weighted by Crippen LogP contribution is 2.33. The standard InChI is InChI=1S/C15H27N3/c1-11(2)15-13(9-16-12(3)4)10-17-18(15)14-7-5-6-8-14/h10-12,14,16H,5-9H2,1-4H3. The second kappa shape index (κ2) is 5.87. The van der Waals surface area contributed by atoms with Gasteiger partial charge in [0.2, 0.25) is 0 Å². The van der Waals surface area contributed by atoms with Gasteiger partial charge in [-0.3, -0.25) is 4.68 Å². The monoisotopic (exact) mass is 249 g/mol. The van der Waals surface area contributed by atoms with Crippen LogP contribution in [0.5, 0.6) is 0 Å². The Labute approximate surface area is 111 Å². The van der Waals surface area contributed by atoms with Gasteiger partial charge < -0.3 is 5.32 Å². The van der Waals surface area contributed by atoms with Crippen LogP contribution in [0.15, 0.2) is 6.20 Å². The van der Waals surface area contributed by atoms with Crippen molar-refractivity contribution >= 4 is 0 Å². The first-order valence-electron chi connectivity index (χ1n) is 7.39. The first-order valence-corrected chi connectivity index (χ1v) is 7.39. The lowest BCUT2D eigenvalue weighted by molar-refractivity contribution is 0.440. The van der Waals surface area contributed by atoms with Crippen LogP contribution in [0.4, 0.5) is 0 Å². The Morgan fingerprint density at radius 2 is 1.94 bits per heavy atom. The van der Waals surface area contributed by atoms with Crippen LogP contribution in [0.1, 0.15) is 76.6 Å². The third kappa shape index (κ3) is 2.94.